The zero-order valence-corrected chi connectivity index (χ0v) is 15.9. The maximum absolute atomic E-state index is 12.7. The Bertz CT molecular complexity index is 956. The highest BCUT2D eigenvalue weighted by Gasteiger charge is 2.26. The van der Waals surface area contributed by atoms with Crippen LogP contribution in [-0.4, -0.2) is 38.6 Å². The minimum absolute atomic E-state index is 0.0142. The van der Waals surface area contributed by atoms with Crippen molar-refractivity contribution in [2.45, 2.75) is 39.2 Å². The van der Waals surface area contributed by atoms with Gasteiger partial charge in [-0.15, -0.1) is 0 Å². The van der Waals surface area contributed by atoms with Crippen molar-refractivity contribution in [3.8, 4) is 0 Å². The summed E-state index contributed by atoms with van der Waals surface area (Å²) in [5, 5.41) is 3.08. The highest BCUT2D eigenvalue weighted by Crippen LogP contribution is 2.28. The maximum atomic E-state index is 12.7. The zero-order chi connectivity index (χ0) is 18.8. The number of pyridine rings is 1. The number of fused-ring (bicyclic) bond motifs is 1. The summed E-state index contributed by atoms with van der Waals surface area (Å²) in [6.45, 7) is 5.60. The number of aromatic nitrogens is 3. The summed E-state index contributed by atoms with van der Waals surface area (Å²) in [6.07, 6.45) is 4.53. The number of anilines is 1. The molecule has 1 aliphatic rings. The van der Waals surface area contributed by atoms with Crippen LogP contribution >= 0.6 is 0 Å². The monoisotopic (exact) mass is 363 g/mol. The molecular formula is C21H25N5O. The molecule has 6 heteroatoms. The molecule has 0 unspecified atom stereocenters. The van der Waals surface area contributed by atoms with Gasteiger partial charge in [-0.05, 0) is 49.9 Å². The summed E-state index contributed by atoms with van der Waals surface area (Å²) in [4.78, 5) is 23.7. The van der Waals surface area contributed by atoms with Gasteiger partial charge in [-0.1, -0.05) is 25.1 Å². The van der Waals surface area contributed by atoms with Gasteiger partial charge in [-0.2, -0.15) is 0 Å². The Morgan fingerprint density at radius 2 is 1.96 bits per heavy atom. The molecule has 0 spiro atoms. The number of likely N-dealkylation sites (tertiary alicyclic amines) is 1. The SMILES string of the molecule is CCc1ccccc1NC(=O)N1CCC(n2c(C)nc3cccnc32)CC1. The molecule has 1 saturated heterocycles. The van der Waals surface area contributed by atoms with Crippen molar-refractivity contribution in [1.29, 1.82) is 0 Å². The number of carbonyl (C=O) groups excluding carboxylic acids is 1. The van der Waals surface area contributed by atoms with E-state index in [1.807, 2.05) is 48.4 Å². The van der Waals surface area contributed by atoms with Crippen molar-refractivity contribution in [3.05, 3.63) is 54.0 Å². The van der Waals surface area contributed by atoms with E-state index < -0.39 is 0 Å². The van der Waals surface area contributed by atoms with Crippen LogP contribution in [0.5, 0.6) is 0 Å². The van der Waals surface area contributed by atoms with E-state index in [0.29, 0.717) is 6.04 Å². The molecule has 0 radical (unpaired) electrons. The summed E-state index contributed by atoms with van der Waals surface area (Å²) in [5.74, 6) is 0.989. The normalized spacial score (nSPS) is 15.3. The molecular weight excluding hydrogens is 338 g/mol. The molecule has 3 aromatic rings. The number of nitrogens with one attached hydrogen (secondary N) is 1. The van der Waals surface area contributed by atoms with Crippen molar-refractivity contribution in [1.82, 2.24) is 19.4 Å². The van der Waals surface area contributed by atoms with Crippen LogP contribution < -0.4 is 5.32 Å². The number of urea groups is 1. The lowest BCUT2D eigenvalue weighted by molar-refractivity contribution is 0.184. The molecule has 1 aromatic carbocycles. The number of carbonyl (C=O) groups is 1. The smallest absolute Gasteiger partial charge is 0.321 e. The zero-order valence-electron chi connectivity index (χ0n) is 15.9. The molecule has 0 atom stereocenters. The number of benzene rings is 1. The standard InChI is InChI=1S/C21H25N5O/c1-3-16-7-4-5-8-18(16)24-21(27)25-13-10-17(11-14-25)26-15(2)23-19-9-6-12-22-20(19)26/h4-9,12,17H,3,10-11,13-14H2,1-2H3,(H,24,27). The Morgan fingerprint density at radius 3 is 2.74 bits per heavy atom. The number of imidazole rings is 1. The molecule has 2 amide bonds. The van der Waals surface area contributed by atoms with Gasteiger partial charge in [0.1, 0.15) is 11.3 Å². The first-order valence-corrected chi connectivity index (χ1v) is 9.60. The first kappa shape index (κ1) is 17.5. The Morgan fingerprint density at radius 1 is 1.19 bits per heavy atom. The van der Waals surface area contributed by atoms with Gasteiger partial charge in [-0.3, -0.25) is 0 Å². The predicted octanol–water partition coefficient (Wildman–Crippen LogP) is 4.17. The summed E-state index contributed by atoms with van der Waals surface area (Å²) in [6, 6.07) is 12.2. The van der Waals surface area contributed by atoms with E-state index in [0.717, 1.165) is 60.6 Å². The van der Waals surface area contributed by atoms with Gasteiger partial charge in [0, 0.05) is 31.0 Å². The fourth-order valence-electron chi connectivity index (χ4n) is 3.95. The number of nitrogens with zero attached hydrogens (tertiary/aromatic N) is 4. The number of piperidine rings is 1. The number of hydrogen-bond donors (Lipinski definition) is 1. The molecule has 0 aliphatic carbocycles. The van der Waals surface area contributed by atoms with Crippen LogP contribution in [0.3, 0.4) is 0 Å². The van der Waals surface area contributed by atoms with Gasteiger partial charge in [0.2, 0.25) is 0 Å². The van der Waals surface area contributed by atoms with Crippen molar-refractivity contribution in [2.75, 3.05) is 18.4 Å². The Kier molecular flexibility index (Phi) is 4.79. The molecule has 4 rings (SSSR count). The molecule has 0 bridgehead atoms. The van der Waals surface area contributed by atoms with Crippen LogP contribution in [0.1, 0.15) is 37.2 Å². The lowest BCUT2D eigenvalue weighted by Gasteiger charge is -2.33. The van der Waals surface area contributed by atoms with E-state index in [2.05, 4.69) is 32.8 Å². The van der Waals surface area contributed by atoms with Gasteiger partial charge >= 0.3 is 6.03 Å². The van der Waals surface area contributed by atoms with Crippen molar-refractivity contribution < 1.29 is 4.79 Å². The van der Waals surface area contributed by atoms with Crippen LogP contribution in [0.4, 0.5) is 10.5 Å². The van der Waals surface area contributed by atoms with E-state index in [9.17, 15) is 4.79 Å². The third kappa shape index (κ3) is 3.39. The quantitative estimate of drug-likeness (QED) is 0.759. The van der Waals surface area contributed by atoms with E-state index in [1.165, 1.54) is 0 Å². The third-order valence-electron chi connectivity index (χ3n) is 5.38. The van der Waals surface area contributed by atoms with Gasteiger partial charge in [0.25, 0.3) is 0 Å². The van der Waals surface area contributed by atoms with Gasteiger partial charge in [-0.25, -0.2) is 14.8 Å². The average molecular weight is 363 g/mol. The molecule has 3 heterocycles. The molecule has 0 saturated carbocycles. The first-order valence-electron chi connectivity index (χ1n) is 9.60. The van der Waals surface area contributed by atoms with E-state index in [1.54, 1.807) is 0 Å². The lowest BCUT2D eigenvalue weighted by atomic mass is 10.0. The second-order valence-electron chi connectivity index (χ2n) is 7.03. The van der Waals surface area contributed by atoms with Crippen molar-refractivity contribution >= 4 is 22.9 Å². The summed E-state index contributed by atoms with van der Waals surface area (Å²) in [7, 11) is 0. The first-order chi connectivity index (χ1) is 13.2. The molecule has 140 valence electrons. The van der Waals surface area contributed by atoms with E-state index in [4.69, 9.17) is 0 Å². The van der Waals surface area contributed by atoms with Crippen LogP contribution in [0, 0.1) is 6.92 Å². The minimum atomic E-state index is -0.0142. The average Bonchev–Trinajstić information content (AvgIpc) is 3.04. The van der Waals surface area contributed by atoms with Crippen LogP contribution in [0.2, 0.25) is 0 Å². The van der Waals surface area contributed by atoms with Crippen LogP contribution in [0.15, 0.2) is 42.6 Å². The number of para-hydroxylation sites is 1. The molecule has 1 fully saturated rings. The molecule has 1 N–H and O–H groups in total. The highest BCUT2D eigenvalue weighted by atomic mass is 16.2. The van der Waals surface area contributed by atoms with Crippen molar-refractivity contribution in [3.63, 3.8) is 0 Å². The van der Waals surface area contributed by atoms with Crippen LogP contribution in [-0.2, 0) is 6.42 Å². The summed E-state index contributed by atoms with van der Waals surface area (Å²) in [5.41, 5.74) is 3.95. The highest BCUT2D eigenvalue weighted by molar-refractivity contribution is 5.90. The van der Waals surface area contributed by atoms with Crippen LogP contribution in [0.25, 0.3) is 11.2 Å². The van der Waals surface area contributed by atoms with E-state index in [-0.39, 0.29) is 6.03 Å². The largest absolute Gasteiger partial charge is 0.324 e. The number of hydrogen-bond acceptors (Lipinski definition) is 3. The number of rotatable bonds is 3. The van der Waals surface area contributed by atoms with Gasteiger partial charge < -0.3 is 14.8 Å². The Labute approximate surface area is 159 Å². The van der Waals surface area contributed by atoms with Gasteiger partial charge in [0.05, 0.1) is 0 Å². The minimum Gasteiger partial charge on any atom is -0.324 e. The number of aryl methyl sites for hydroxylation is 2. The molecule has 1 aliphatic heterocycles. The maximum Gasteiger partial charge on any atom is 0.321 e. The van der Waals surface area contributed by atoms with Crippen molar-refractivity contribution in [2.24, 2.45) is 0 Å². The topological polar surface area (TPSA) is 63.1 Å². The second-order valence-corrected chi connectivity index (χ2v) is 7.03. The van der Waals surface area contributed by atoms with E-state index >= 15 is 0 Å². The fraction of sp³-hybridized carbons (Fsp3) is 0.381. The second kappa shape index (κ2) is 7.39. The number of amides is 2. The van der Waals surface area contributed by atoms with Gasteiger partial charge in [0.15, 0.2) is 5.65 Å². The molecule has 6 nitrogen and oxygen atoms in total. The third-order valence-corrected chi connectivity index (χ3v) is 5.38. The lowest BCUT2D eigenvalue weighted by Crippen LogP contribution is -2.41. The predicted molar refractivity (Wildman–Crippen MR) is 107 cm³/mol. The fourth-order valence-corrected chi connectivity index (χ4v) is 3.95. The molecule has 27 heavy (non-hydrogen) atoms. The Hall–Kier alpha value is -2.89. The summed E-state index contributed by atoms with van der Waals surface area (Å²) >= 11 is 0. The molecule has 2 aromatic heterocycles. The Balaban J connectivity index is 1.44. The summed E-state index contributed by atoms with van der Waals surface area (Å²) < 4.78 is 2.23.